The molecular formula is C39H39CoN4O11+. The van der Waals surface area contributed by atoms with Crippen LogP contribution in [0.4, 0.5) is 0 Å². The van der Waals surface area contributed by atoms with E-state index < -0.39 is 11.9 Å². The van der Waals surface area contributed by atoms with Gasteiger partial charge in [-0.15, -0.1) is 0 Å². The number of rotatable bonds is 5. The zero-order chi connectivity index (χ0) is 33.3. The first kappa shape index (κ1) is 50.6. The van der Waals surface area contributed by atoms with E-state index in [9.17, 15) is 19.8 Å². The van der Waals surface area contributed by atoms with Gasteiger partial charge in [0.25, 0.3) is 0 Å². The second kappa shape index (κ2) is 24.0. The summed E-state index contributed by atoms with van der Waals surface area (Å²) in [6.45, 7) is 0.123. The number of hydrogen-bond donors (Lipinski definition) is 0. The minimum Gasteiger partial charge on any atom is -0.545 e. The molecule has 0 spiro atoms. The summed E-state index contributed by atoms with van der Waals surface area (Å²) < 4.78 is 5.40. The quantitative estimate of drug-likeness (QED) is 0.173. The Morgan fingerprint density at radius 3 is 1.18 bits per heavy atom. The Bertz CT molecular complexity index is 2180. The molecule has 0 aliphatic rings. The molecule has 4 heterocycles. The molecule has 55 heavy (non-hydrogen) atoms. The van der Waals surface area contributed by atoms with Gasteiger partial charge in [-0.1, -0.05) is 84.9 Å². The van der Waals surface area contributed by atoms with E-state index in [1.54, 1.807) is 49.1 Å². The van der Waals surface area contributed by atoms with Crippen molar-refractivity contribution in [2.24, 2.45) is 0 Å². The van der Waals surface area contributed by atoms with Crippen molar-refractivity contribution in [3.05, 3.63) is 163 Å². The minimum absolute atomic E-state index is 0. The molecule has 8 rings (SSSR count). The normalized spacial score (nSPS) is 9.16. The zero-order valence-electron chi connectivity index (χ0n) is 28.8. The molecule has 4 aromatic carbocycles. The summed E-state index contributed by atoms with van der Waals surface area (Å²) in [5, 5.41) is 26.0. The summed E-state index contributed by atoms with van der Waals surface area (Å²) in [7, 11) is 0. The molecule has 0 bridgehead atoms. The van der Waals surface area contributed by atoms with E-state index >= 15 is 0 Å². The maximum Gasteiger partial charge on any atom is 2.00 e. The van der Waals surface area contributed by atoms with Gasteiger partial charge in [-0.05, 0) is 47.5 Å². The Kier molecular flexibility index (Phi) is 22.1. The van der Waals surface area contributed by atoms with Crippen molar-refractivity contribution in [1.29, 1.82) is 0 Å². The molecule has 0 saturated heterocycles. The van der Waals surface area contributed by atoms with Crippen molar-refractivity contribution in [2.45, 2.75) is 6.61 Å². The Hall–Kier alpha value is -6.47. The second-order valence-electron chi connectivity index (χ2n) is 10.5. The van der Waals surface area contributed by atoms with E-state index in [0.717, 1.165) is 43.6 Å². The van der Waals surface area contributed by atoms with Gasteiger partial charge in [-0.2, -0.15) is 0 Å². The smallest absolute Gasteiger partial charge is 0.545 e. The monoisotopic (exact) mass is 798 g/mol. The maximum atomic E-state index is 10.9. The van der Waals surface area contributed by atoms with Crippen molar-refractivity contribution >= 4 is 55.6 Å². The third-order valence-corrected chi connectivity index (χ3v) is 7.38. The van der Waals surface area contributed by atoms with Crippen molar-refractivity contribution < 1.29 is 74.2 Å². The number of carbonyl (C=O) groups is 2. The third-order valence-electron chi connectivity index (χ3n) is 7.38. The fourth-order valence-electron chi connectivity index (χ4n) is 5.02. The number of carboxylic acid groups (broad SMARTS) is 2. The van der Waals surface area contributed by atoms with E-state index in [2.05, 4.69) is 68.5 Å². The van der Waals surface area contributed by atoms with Gasteiger partial charge in [0.1, 0.15) is 12.4 Å². The molecule has 0 unspecified atom stereocenters. The second-order valence-corrected chi connectivity index (χ2v) is 10.5. The van der Waals surface area contributed by atoms with E-state index in [0.29, 0.717) is 5.56 Å². The number of carboxylic acids is 2. The summed E-state index contributed by atoms with van der Waals surface area (Å²) in [6, 6.07) is 36.4. The van der Waals surface area contributed by atoms with Gasteiger partial charge in [0.15, 0.2) is 0 Å². The molecule has 0 amide bonds. The number of aromatic carboxylic acids is 2. The van der Waals surface area contributed by atoms with E-state index in [1.165, 1.54) is 24.3 Å². The average Bonchev–Trinajstić information content (AvgIpc) is 3.14. The van der Waals surface area contributed by atoms with Crippen LogP contribution in [0, 0.1) is 0 Å². The van der Waals surface area contributed by atoms with Crippen molar-refractivity contribution in [2.75, 3.05) is 0 Å². The SMILES string of the molecule is O.O.O.O.O.O=C([O-])c1ccc(COc2ccccc2C(=O)[O-])cc1.[Co+2].[OH3+].c1cnc2c(c1)ccc1cccnc12.c1cnc2c(c1)ccc1cccnc12. The van der Waals surface area contributed by atoms with E-state index in [-0.39, 0.29) is 73.1 Å². The molecule has 1 radical (unpaired) electrons. The van der Waals surface area contributed by atoms with Gasteiger partial charge in [0.2, 0.25) is 0 Å². The van der Waals surface area contributed by atoms with Crippen molar-refractivity contribution in [1.82, 2.24) is 19.9 Å². The van der Waals surface area contributed by atoms with Crippen molar-refractivity contribution in [3.63, 3.8) is 0 Å². The van der Waals surface area contributed by atoms with Crippen LogP contribution in [0.15, 0.2) is 146 Å². The molecule has 13 N–H and O–H groups in total. The molecule has 16 heteroatoms. The fraction of sp³-hybridized carbons (Fsp3) is 0.0256. The Morgan fingerprint density at radius 1 is 0.473 bits per heavy atom. The van der Waals surface area contributed by atoms with Gasteiger partial charge in [-0.3, -0.25) is 19.9 Å². The first-order valence-electron chi connectivity index (χ1n) is 14.9. The van der Waals surface area contributed by atoms with E-state index in [4.69, 9.17) is 4.74 Å². The number of benzene rings is 4. The van der Waals surface area contributed by atoms with Crippen LogP contribution >= 0.6 is 0 Å². The van der Waals surface area contributed by atoms with Crippen LogP contribution in [0.3, 0.4) is 0 Å². The summed E-state index contributed by atoms with van der Waals surface area (Å²) in [4.78, 5) is 38.9. The number of para-hydroxylation sites is 1. The summed E-state index contributed by atoms with van der Waals surface area (Å²) in [6.07, 6.45) is 7.21. The van der Waals surface area contributed by atoms with Gasteiger partial charge in [-0.25, -0.2) is 0 Å². The van der Waals surface area contributed by atoms with Crippen LogP contribution < -0.4 is 14.9 Å². The molecule has 4 aromatic heterocycles. The van der Waals surface area contributed by atoms with Crippen molar-refractivity contribution in [3.8, 4) is 5.75 Å². The molecule has 0 atom stereocenters. The number of hydrogen-bond acceptors (Lipinski definition) is 9. The number of ether oxygens (including phenoxy) is 1. The first-order chi connectivity index (χ1) is 23.5. The number of nitrogens with zero attached hydrogens (tertiary/aromatic N) is 4. The zero-order valence-corrected chi connectivity index (χ0v) is 29.8. The van der Waals surface area contributed by atoms with Crippen LogP contribution in [-0.2, 0) is 28.9 Å². The molecule has 0 fully saturated rings. The minimum atomic E-state index is -1.31. The first-order valence-corrected chi connectivity index (χ1v) is 14.9. The van der Waals surface area contributed by atoms with Crippen LogP contribution in [0.5, 0.6) is 5.75 Å². The Morgan fingerprint density at radius 2 is 0.836 bits per heavy atom. The summed E-state index contributed by atoms with van der Waals surface area (Å²) in [5.41, 5.74) is 4.67. The molecule has 8 aromatic rings. The number of pyridine rings is 4. The third kappa shape index (κ3) is 12.3. The fourth-order valence-corrected chi connectivity index (χ4v) is 5.02. The standard InChI is InChI=1S/C15H12O5.2C12H8N2.Co.6H2O/c16-14(17)11-7-5-10(6-8-11)9-20-13-4-2-1-3-12(13)15(18)19;2*1-3-9-5-6-10-4-2-8-14-12(10)11(9)13-7-1;;;;;;;/h1-8H,9H2,(H,16,17)(H,18,19);2*1-8H;;6*1H2/q;;;+2;;;;;;/p-1. The topological polar surface area (TPSA) is 332 Å². The predicted molar refractivity (Wildman–Crippen MR) is 203 cm³/mol. The van der Waals surface area contributed by atoms with Gasteiger partial charge in [0.05, 0.1) is 34.0 Å². The summed E-state index contributed by atoms with van der Waals surface area (Å²) >= 11 is 0. The maximum absolute atomic E-state index is 10.9. The molecule has 289 valence electrons. The Labute approximate surface area is 324 Å². The summed E-state index contributed by atoms with van der Waals surface area (Å²) in [5.74, 6) is -2.36. The number of aromatic nitrogens is 4. The molecule has 0 aliphatic heterocycles. The molecule has 15 nitrogen and oxygen atoms in total. The predicted octanol–water partition coefficient (Wildman–Crippen LogP) is 0.511. The Balaban J connectivity index is 0. The average molecular weight is 799 g/mol. The molecule has 0 saturated carbocycles. The van der Waals surface area contributed by atoms with Gasteiger partial charge < -0.3 is 57.4 Å². The van der Waals surface area contributed by atoms with Crippen LogP contribution in [0.2, 0.25) is 0 Å². The van der Waals surface area contributed by atoms with Gasteiger partial charge >= 0.3 is 16.8 Å². The van der Waals surface area contributed by atoms with Crippen LogP contribution in [-0.4, -0.2) is 59.3 Å². The largest absolute Gasteiger partial charge is 2.00 e. The van der Waals surface area contributed by atoms with Crippen LogP contribution in [0.25, 0.3) is 43.6 Å². The molecule has 0 aliphatic carbocycles. The van der Waals surface area contributed by atoms with Crippen LogP contribution in [0.1, 0.15) is 26.3 Å². The number of carbonyl (C=O) groups excluding carboxylic acids is 2. The molecular weight excluding hydrogens is 759 g/mol. The van der Waals surface area contributed by atoms with E-state index in [1.807, 2.05) is 24.3 Å². The van der Waals surface area contributed by atoms with Gasteiger partial charge in [0, 0.05) is 51.9 Å². The number of fused-ring (bicyclic) bond motifs is 6.